The first kappa shape index (κ1) is 12.0. The first-order valence-electron chi connectivity index (χ1n) is 5.75. The van der Waals surface area contributed by atoms with Crippen molar-refractivity contribution >= 4 is 11.6 Å². The minimum absolute atomic E-state index is 0.239. The molecule has 1 aliphatic carbocycles. The van der Waals surface area contributed by atoms with E-state index >= 15 is 0 Å². The summed E-state index contributed by atoms with van der Waals surface area (Å²) < 4.78 is 5.31. The van der Waals surface area contributed by atoms with Crippen LogP contribution in [0, 0.1) is 5.92 Å². The van der Waals surface area contributed by atoms with Crippen LogP contribution in [0.25, 0.3) is 0 Å². The molecule has 0 amide bonds. The molecule has 1 fully saturated rings. The number of halogens is 1. The predicted octanol–water partition coefficient (Wildman–Crippen LogP) is 2.29. The molecule has 0 aromatic heterocycles. The zero-order chi connectivity index (χ0) is 11.5. The van der Waals surface area contributed by atoms with Gasteiger partial charge >= 0.3 is 0 Å². The molecule has 0 aromatic carbocycles. The lowest BCUT2D eigenvalue weighted by molar-refractivity contribution is 0.0412. The van der Waals surface area contributed by atoms with E-state index in [2.05, 4.69) is 11.8 Å². The van der Waals surface area contributed by atoms with Crippen LogP contribution in [0.15, 0.2) is 22.4 Å². The van der Waals surface area contributed by atoms with E-state index in [1.807, 2.05) is 6.08 Å². The highest BCUT2D eigenvalue weighted by Crippen LogP contribution is 2.30. The molecule has 1 unspecified atom stereocenters. The van der Waals surface area contributed by atoms with Crippen LogP contribution in [0.4, 0.5) is 0 Å². The Labute approximate surface area is 101 Å². The SMILES string of the molecule is CC1CC(Cl)=C(O)C=C1CN1CCOCC1. The molecule has 90 valence electrons. The van der Waals surface area contributed by atoms with Gasteiger partial charge in [0, 0.05) is 19.6 Å². The molecule has 1 N–H and O–H groups in total. The highest BCUT2D eigenvalue weighted by Gasteiger charge is 2.21. The molecular formula is C12H18ClNO2. The van der Waals surface area contributed by atoms with Crippen LogP contribution in [0.3, 0.4) is 0 Å². The van der Waals surface area contributed by atoms with Gasteiger partial charge in [-0.1, -0.05) is 18.5 Å². The van der Waals surface area contributed by atoms with Crippen molar-refractivity contribution in [3.05, 3.63) is 22.4 Å². The predicted molar refractivity (Wildman–Crippen MR) is 64.6 cm³/mol. The lowest BCUT2D eigenvalue weighted by atomic mass is 9.92. The third kappa shape index (κ3) is 2.78. The van der Waals surface area contributed by atoms with Gasteiger partial charge in [-0.05, 0) is 24.0 Å². The van der Waals surface area contributed by atoms with Crippen molar-refractivity contribution in [2.75, 3.05) is 32.8 Å². The highest BCUT2D eigenvalue weighted by molar-refractivity contribution is 6.30. The molecule has 0 radical (unpaired) electrons. The molecule has 16 heavy (non-hydrogen) atoms. The third-order valence-electron chi connectivity index (χ3n) is 3.23. The average Bonchev–Trinajstić information content (AvgIpc) is 2.27. The molecule has 1 aliphatic heterocycles. The highest BCUT2D eigenvalue weighted by atomic mass is 35.5. The smallest absolute Gasteiger partial charge is 0.130 e. The topological polar surface area (TPSA) is 32.7 Å². The van der Waals surface area contributed by atoms with E-state index in [0.717, 1.165) is 39.3 Å². The number of allylic oxidation sites excluding steroid dienone is 2. The summed E-state index contributed by atoms with van der Waals surface area (Å²) in [5.74, 6) is 0.661. The number of nitrogens with zero attached hydrogens (tertiary/aromatic N) is 1. The normalized spacial score (nSPS) is 28.1. The van der Waals surface area contributed by atoms with Gasteiger partial charge in [-0.3, -0.25) is 4.90 Å². The summed E-state index contributed by atoms with van der Waals surface area (Å²) in [6.45, 7) is 6.64. The summed E-state index contributed by atoms with van der Waals surface area (Å²) in [6, 6.07) is 0. The minimum atomic E-state index is 0.239. The Hall–Kier alpha value is -0.510. The van der Waals surface area contributed by atoms with Gasteiger partial charge in [-0.15, -0.1) is 0 Å². The van der Waals surface area contributed by atoms with E-state index in [0.29, 0.717) is 11.0 Å². The standard InChI is InChI=1S/C12H18ClNO2/c1-9-6-11(13)12(15)7-10(9)8-14-2-4-16-5-3-14/h7,9,15H,2-6,8H2,1H3. The molecule has 1 saturated heterocycles. The van der Waals surface area contributed by atoms with Crippen LogP contribution in [-0.4, -0.2) is 42.9 Å². The monoisotopic (exact) mass is 243 g/mol. The second kappa shape index (κ2) is 5.21. The summed E-state index contributed by atoms with van der Waals surface area (Å²) in [5.41, 5.74) is 1.27. The third-order valence-corrected chi connectivity index (χ3v) is 3.58. The van der Waals surface area contributed by atoms with Crippen LogP contribution >= 0.6 is 11.6 Å². The molecule has 0 aromatic rings. The van der Waals surface area contributed by atoms with Gasteiger partial charge in [0.1, 0.15) is 5.76 Å². The zero-order valence-corrected chi connectivity index (χ0v) is 10.3. The number of rotatable bonds is 2. The van der Waals surface area contributed by atoms with Crippen molar-refractivity contribution in [2.24, 2.45) is 5.92 Å². The number of morpholine rings is 1. The first-order chi connectivity index (χ1) is 7.66. The van der Waals surface area contributed by atoms with Gasteiger partial charge in [0.05, 0.1) is 18.2 Å². The van der Waals surface area contributed by atoms with E-state index in [9.17, 15) is 5.11 Å². The number of aliphatic hydroxyl groups is 1. The van der Waals surface area contributed by atoms with Crippen molar-refractivity contribution in [3.63, 3.8) is 0 Å². The molecule has 4 heteroatoms. The van der Waals surface area contributed by atoms with Gasteiger partial charge in [0.25, 0.3) is 0 Å². The molecule has 1 heterocycles. The van der Waals surface area contributed by atoms with Crippen LogP contribution in [-0.2, 0) is 4.74 Å². The van der Waals surface area contributed by atoms with Gasteiger partial charge in [0.15, 0.2) is 0 Å². The Balaban J connectivity index is 2.00. The fourth-order valence-corrected chi connectivity index (χ4v) is 2.41. The van der Waals surface area contributed by atoms with E-state index in [1.165, 1.54) is 5.57 Å². The van der Waals surface area contributed by atoms with Gasteiger partial charge in [-0.25, -0.2) is 0 Å². The van der Waals surface area contributed by atoms with E-state index in [-0.39, 0.29) is 5.76 Å². The van der Waals surface area contributed by atoms with Crippen LogP contribution in [0.5, 0.6) is 0 Å². The zero-order valence-electron chi connectivity index (χ0n) is 9.58. The molecule has 0 spiro atoms. The molecule has 2 rings (SSSR count). The number of aliphatic hydroxyl groups excluding tert-OH is 1. The molecule has 1 atom stereocenters. The van der Waals surface area contributed by atoms with Crippen molar-refractivity contribution in [1.29, 1.82) is 0 Å². The maximum absolute atomic E-state index is 9.62. The van der Waals surface area contributed by atoms with Gasteiger partial charge in [-0.2, -0.15) is 0 Å². The van der Waals surface area contributed by atoms with Crippen LogP contribution in [0.2, 0.25) is 0 Å². The minimum Gasteiger partial charge on any atom is -0.507 e. The van der Waals surface area contributed by atoms with Crippen molar-refractivity contribution in [1.82, 2.24) is 4.90 Å². The quantitative estimate of drug-likeness (QED) is 0.808. The van der Waals surface area contributed by atoms with Crippen molar-refractivity contribution < 1.29 is 9.84 Å². The summed E-state index contributed by atoms with van der Waals surface area (Å²) >= 11 is 5.92. The summed E-state index contributed by atoms with van der Waals surface area (Å²) in [5, 5.41) is 10.2. The Morgan fingerprint density at radius 1 is 1.50 bits per heavy atom. The summed E-state index contributed by atoms with van der Waals surface area (Å²) in [6.07, 6.45) is 2.58. The second-order valence-electron chi connectivity index (χ2n) is 4.50. The average molecular weight is 244 g/mol. The van der Waals surface area contributed by atoms with Crippen LogP contribution in [0.1, 0.15) is 13.3 Å². The Bertz CT molecular complexity index is 319. The summed E-state index contributed by atoms with van der Waals surface area (Å²) in [4.78, 5) is 2.36. The van der Waals surface area contributed by atoms with Gasteiger partial charge < -0.3 is 9.84 Å². The number of ether oxygens (including phenoxy) is 1. The number of hydrogen-bond donors (Lipinski definition) is 1. The molecule has 2 aliphatic rings. The van der Waals surface area contributed by atoms with Crippen molar-refractivity contribution in [3.8, 4) is 0 Å². The Morgan fingerprint density at radius 2 is 2.19 bits per heavy atom. The number of hydrogen-bond acceptors (Lipinski definition) is 3. The largest absolute Gasteiger partial charge is 0.507 e. The van der Waals surface area contributed by atoms with E-state index in [1.54, 1.807) is 0 Å². The molecule has 3 nitrogen and oxygen atoms in total. The second-order valence-corrected chi connectivity index (χ2v) is 4.96. The maximum atomic E-state index is 9.62. The Morgan fingerprint density at radius 3 is 2.88 bits per heavy atom. The summed E-state index contributed by atoms with van der Waals surface area (Å²) in [7, 11) is 0. The van der Waals surface area contributed by atoms with Crippen molar-refractivity contribution in [2.45, 2.75) is 13.3 Å². The Kier molecular flexibility index (Phi) is 3.90. The van der Waals surface area contributed by atoms with Gasteiger partial charge in [0.2, 0.25) is 0 Å². The lowest BCUT2D eigenvalue weighted by Gasteiger charge is -2.30. The first-order valence-corrected chi connectivity index (χ1v) is 6.13. The van der Waals surface area contributed by atoms with Crippen LogP contribution < -0.4 is 0 Å². The fourth-order valence-electron chi connectivity index (χ4n) is 2.12. The van der Waals surface area contributed by atoms with E-state index in [4.69, 9.17) is 16.3 Å². The molecular weight excluding hydrogens is 226 g/mol. The fraction of sp³-hybridized carbons (Fsp3) is 0.667. The molecule has 0 saturated carbocycles. The maximum Gasteiger partial charge on any atom is 0.130 e. The lowest BCUT2D eigenvalue weighted by Crippen LogP contribution is -2.38. The van der Waals surface area contributed by atoms with E-state index < -0.39 is 0 Å². The molecule has 0 bridgehead atoms.